The van der Waals surface area contributed by atoms with Crippen LogP contribution in [-0.4, -0.2) is 21.0 Å². The van der Waals surface area contributed by atoms with Crippen molar-refractivity contribution in [3.05, 3.63) is 27.7 Å². The molecule has 4 nitrogen and oxygen atoms in total. The molecule has 0 radical (unpaired) electrons. The third kappa shape index (κ3) is 3.24. The van der Waals surface area contributed by atoms with Crippen molar-refractivity contribution < 1.29 is 8.42 Å². The van der Waals surface area contributed by atoms with Gasteiger partial charge in [-0.15, -0.1) is 0 Å². The maximum atomic E-state index is 12.1. The van der Waals surface area contributed by atoms with Crippen LogP contribution in [0.4, 0.5) is 0 Å². The van der Waals surface area contributed by atoms with Gasteiger partial charge >= 0.3 is 0 Å². The smallest absolute Gasteiger partial charge is 0.242 e. The molecule has 3 N–H and O–H groups in total. The standard InChI is InChI=1S/C11H14BrClN2O2S/c12-8-2-1-3-10(11(8)13)18(16,17)15-6-9(14)7-4-5-7/h1-3,7,9,15H,4-6,14H2. The second-order valence-corrected chi connectivity index (χ2v) is 7.37. The summed E-state index contributed by atoms with van der Waals surface area (Å²) < 4.78 is 27.2. The molecule has 0 amide bonds. The van der Waals surface area contributed by atoms with E-state index in [0.29, 0.717) is 10.4 Å². The van der Waals surface area contributed by atoms with Gasteiger partial charge in [0.1, 0.15) is 4.90 Å². The second kappa shape index (κ2) is 5.46. The molecule has 18 heavy (non-hydrogen) atoms. The van der Waals surface area contributed by atoms with Crippen LogP contribution in [0.25, 0.3) is 0 Å². The van der Waals surface area contributed by atoms with Gasteiger partial charge in [0.2, 0.25) is 10.0 Å². The lowest BCUT2D eigenvalue weighted by atomic mass is 10.2. The summed E-state index contributed by atoms with van der Waals surface area (Å²) in [6.07, 6.45) is 2.17. The fraction of sp³-hybridized carbons (Fsp3) is 0.455. The molecule has 0 saturated heterocycles. The molecule has 0 spiro atoms. The molecule has 0 aliphatic heterocycles. The van der Waals surface area contributed by atoms with Crippen molar-refractivity contribution in [3.63, 3.8) is 0 Å². The number of rotatable bonds is 5. The lowest BCUT2D eigenvalue weighted by Gasteiger charge is -2.13. The van der Waals surface area contributed by atoms with Crippen LogP contribution in [0, 0.1) is 5.92 Å². The summed E-state index contributed by atoms with van der Waals surface area (Å²) in [6, 6.07) is 4.67. The van der Waals surface area contributed by atoms with Gasteiger partial charge in [0.15, 0.2) is 0 Å². The van der Waals surface area contributed by atoms with Crippen LogP contribution in [0.5, 0.6) is 0 Å². The summed E-state index contributed by atoms with van der Waals surface area (Å²) in [6.45, 7) is 0.246. The molecule has 1 aromatic carbocycles. The number of nitrogens with one attached hydrogen (secondary N) is 1. The fourth-order valence-electron chi connectivity index (χ4n) is 1.67. The van der Waals surface area contributed by atoms with Gasteiger partial charge in [0.05, 0.1) is 5.02 Å². The minimum Gasteiger partial charge on any atom is -0.326 e. The predicted octanol–water partition coefficient (Wildman–Crippen LogP) is 2.12. The number of halogens is 2. The fourth-order valence-corrected chi connectivity index (χ4v) is 3.77. The van der Waals surface area contributed by atoms with Crippen molar-refractivity contribution in [1.82, 2.24) is 4.72 Å². The molecule has 1 aliphatic rings. The van der Waals surface area contributed by atoms with Gasteiger partial charge in [0.25, 0.3) is 0 Å². The molecule has 2 rings (SSSR count). The van der Waals surface area contributed by atoms with Crippen LogP contribution in [0.3, 0.4) is 0 Å². The highest BCUT2D eigenvalue weighted by atomic mass is 79.9. The third-order valence-electron chi connectivity index (χ3n) is 2.94. The Kier molecular flexibility index (Phi) is 4.33. The molecular weight excluding hydrogens is 340 g/mol. The van der Waals surface area contributed by atoms with Crippen molar-refractivity contribution in [3.8, 4) is 0 Å². The zero-order chi connectivity index (χ0) is 13.3. The van der Waals surface area contributed by atoms with Gasteiger partial charge < -0.3 is 5.73 Å². The number of benzene rings is 1. The minimum atomic E-state index is -3.61. The van der Waals surface area contributed by atoms with Crippen molar-refractivity contribution >= 4 is 37.6 Å². The average Bonchev–Trinajstić information content (AvgIpc) is 3.13. The highest BCUT2D eigenvalue weighted by Crippen LogP contribution is 2.32. The lowest BCUT2D eigenvalue weighted by molar-refractivity contribution is 0.548. The van der Waals surface area contributed by atoms with E-state index in [1.807, 2.05) is 0 Å². The zero-order valence-corrected chi connectivity index (χ0v) is 12.7. The first-order valence-electron chi connectivity index (χ1n) is 5.61. The monoisotopic (exact) mass is 352 g/mol. The van der Waals surface area contributed by atoms with E-state index in [1.54, 1.807) is 12.1 Å². The summed E-state index contributed by atoms with van der Waals surface area (Å²) >= 11 is 9.17. The Morgan fingerprint density at radius 3 is 2.78 bits per heavy atom. The molecule has 0 bridgehead atoms. The largest absolute Gasteiger partial charge is 0.326 e. The van der Waals surface area contributed by atoms with Crippen LogP contribution in [0.15, 0.2) is 27.6 Å². The first-order chi connectivity index (χ1) is 8.42. The van der Waals surface area contributed by atoms with Crippen molar-refractivity contribution in [1.29, 1.82) is 0 Å². The number of sulfonamides is 1. The van der Waals surface area contributed by atoms with E-state index in [-0.39, 0.29) is 22.5 Å². The predicted molar refractivity (Wildman–Crippen MR) is 75.0 cm³/mol. The molecular formula is C11H14BrClN2O2S. The van der Waals surface area contributed by atoms with E-state index in [2.05, 4.69) is 20.7 Å². The topological polar surface area (TPSA) is 72.2 Å². The quantitative estimate of drug-likeness (QED) is 0.851. The van der Waals surface area contributed by atoms with Crippen LogP contribution in [-0.2, 0) is 10.0 Å². The molecule has 1 fully saturated rings. The average molecular weight is 354 g/mol. The molecule has 1 atom stereocenters. The summed E-state index contributed by atoms with van der Waals surface area (Å²) in [5.41, 5.74) is 5.86. The minimum absolute atomic E-state index is 0.0709. The van der Waals surface area contributed by atoms with Gasteiger partial charge in [-0.1, -0.05) is 17.7 Å². The maximum Gasteiger partial charge on any atom is 0.242 e. The van der Waals surface area contributed by atoms with E-state index in [1.165, 1.54) is 6.07 Å². The molecule has 1 aliphatic carbocycles. The molecule has 0 aromatic heterocycles. The molecule has 1 aromatic rings. The van der Waals surface area contributed by atoms with E-state index in [0.717, 1.165) is 12.8 Å². The second-order valence-electron chi connectivity index (χ2n) is 4.41. The van der Waals surface area contributed by atoms with Gasteiger partial charge in [-0.25, -0.2) is 13.1 Å². The van der Waals surface area contributed by atoms with E-state index in [9.17, 15) is 8.42 Å². The first kappa shape index (κ1) is 14.3. The Labute approximate surface area is 120 Å². The summed E-state index contributed by atoms with van der Waals surface area (Å²) in [5, 5.41) is 0.185. The maximum absolute atomic E-state index is 12.1. The lowest BCUT2D eigenvalue weighted by Crippen LogP contribution is -2.38. The zero-order valence-electron chi connectivity index (χ0n) is 9.57. The van der Waals surface area contributed by atoms with Gasteiger partial charge in [0, 0.05) is 17.1 Å². The van der Waals surface area contributed by atoms with Crippen molar-refractivity contribution in [2.45, 2.75) is 23.8 Å². The van der Waals surface area contributed by atoms with E-state index >= 15 is 0 Å². The van der Waals surface area contributed by atoms with Gasteiger partial charge in [-0.05, 0) is 46.8 Å². The Hall–Kier alpha value is -0.140. The van der Waals surface area contributed by atoms with Crippen LogP contribution >= 0.6 is 27.5 Å². The van der Waals surface area contributed by atoms with Gasteiger partial charge in [-0.2, -0.15) is 0 Å². The number of hydrogen-bond donors (Lipinski definition) is 2. The molecule has 7 heteroatoms. The Bertz CT molecular complexity index is 546. The molecule has 0 heterocycles. The SMILES string of the molecule is NC(CNS(=O)(=O)c1cccc(Br)c1Cl)C1CC1. The van der Waals surface area contributed by atoms with Crippen LogP contribution in [0.2, 0.25) is 5.02 Å². The van der Waals surface area contributed by atoms with Crippen LogP contribution < -0.4 is 10.5 Å². The highest BCUT2D eigenvalue weighted by molar-refractivity contribution is 9.10. The Morgan fingerprint density at radius 1 is 1.50 bits per heavy atom. The normalized spacial score (nSPS) is 17.7. The molecule has 1 unspecified atom stereocenters. The molecule has 100 valence electrons. The van der Waals surface area contributed by atoms with Gasteiger partial charge in [-0.3, -0.25) is 0 Å². The Balaban J connectivity index is 2.12. The summed E-state index contributed by atoms with van der Waals surface area (Å²) in [5.74, 6) is 0.450. The number of nitrogens with two attached hydrogens (primary N) is 1. The molecule has 1 saturated carbocycles. The number of hydrogen-bond acceptors (Lipinski definition) is 3. The highest BCUT2D eigenvalue weighted by Gasteiger charge is 2.29. The Morgan fingerprint density at radius 2 is 2.17 bits per heavy atom. The summed E-state index contributed by atoms with van der Waals surface area (Å²) in [4.78, 5) is 0.0709. The van der Waals surface area contributed by atoms with E-state index in [4.69, 9.17) is 17.3 Å². The van der Waals surface area contributed by atoms with Crippen molar-refractivity contribution in [2.24, 2.45) is 11.7 Å². The van der Waals surface area contributed by atoms with E-state index < -0.39 is 10.0 Å². The van der Waals surface area contributed by atoms with Crippen LogP contribution in [0.1, 0.15) is 12.8 Å². The summed E-state index contributed by atoms with van der Waals surface area (Å²) in [7, 11) is -3.61. The van der Waals surface area contributed by atoms with Crippen molar-refractivity contribution in [2.75, 3.05) is 6.54 Å². The third-order valence-corrected chi connectivity index (χ3v) is 5.82. The first-order valence-corrected chi connectivity index (χ1v) is 8.26.